The van der Waals surface area contributed by atoms with Gasteiger partial charge in [0.15, 0.2) is 5.13 Å². The number of carbonyl (C=O) groups is 1. The Kier molecular flexibility index (Phi) is 7.36. The van der Waals surface area contributed by atoms with Gasteiger partial charge in [0.2, 0.25) is 5.78 Å². The summed E-state index contributed by atoms with van der Waals surface area (Å²) < 4.78 is 0. The largest absolute Gasteiger partial charge is 0.396 e. The number of ketones is 1. The highest BCUT2D eigenvalue weighted by Crippen LogP contribution is 2.31. The zero-order chi connectivity index (χ0) is 24.1. The van der Waals surface area contributed by atoms with E-state index < -0.39 is 10.7 Å². The lowest BCUT2D eigenvalue weighted by molar-refractivity contribution is -0.384. The van der Waals surface area contributed by atoms with Gasteiger partial charge in [-0.05, 0) is 30.7 Å². The summed E-state index contributed by atoms with van der Waals surface area (Å²) in [4.78, 5) is 32.5. The number of non-ortho nitro benzene ring substituents is 1. The van der Waals surface area contributed by atoms with Crippen molar-refractivity contribution in [1.82, 2.24) is 9.88 Å². The van der Waals surface area contributed by atoms with Gasteiger partial charge in [0, 0.05) is 68.4 Å². The SMILES string of the molecule is Nc1nc(Nc2ccc(N3CCN(CCCO)CC3)cc2)sc1C(=O)c1cccc([N+](=O)[O-])c1. The van der Waals surface area contributed by atoms with E-state index in [0.717, 1.165) is 61.9 Å². The molecule has 0 saturated carbocycles. The van der Waals surface area contributed by atoms with Crippen LogP contribution < -0.4 is 16.0 Å². The maximum absolute atomic E-state index is 12.8. The standard InChI is InChI=1S/C23H26N6O4S/c24-22-21(20(31)16-3-1-4-19(15-16)29(32)33)34-23(26-22)25-17-5-7-18(8-6-17)28-12-10-27(11-13-28)9-2-14-30/h1,3-8,15,30H,2,9-14,24H2,(H,25,26). The summed E-state index contributed by atoms with van der Waals surface area (Å²) in [7, 11) is 0. The third-order valence-corrected chi connectivity index (χ3v) is 6.65. The van der Waals surface area contributed by atoms with E-state index in [1.54, 1.807) is 0 Å². The number of rotatable bonds is 9. The molecule has 0 radical (unpaired) electrons. The first-order valence-corrected chi connectivity index (χ1v) is 11.8. The van der Waals surface area contributed by atoms with Crippen LogP contribution in [0.15, 0.2) is 48.5 Å². The van der Waals surface area contributed by atoms with Gasteiger partial charge in [-0.2, -0.15) is 0 Å². The summed E-state index contributed by atoms with van der Waals surface area (Å²) in [6.07, 6.45) is 0.806. The Morgan fingerprint density at radius 1 is 1.18 bits per heavy atom. The Hall–Kier alpha value is -3.54. The molecule has 11 heteroatoms. The number of aliphatic hydroxyl groups excluding tert-OH is 1. The topological polar surface area (TPSA) is 138 Å². The zero-order valence-electron chi connectivity index (χ0n) is 18.5. The van der Waals surface area contributed by atoms with Crippen molar-refractivity contribution in [2.75, 3.05) is 55.3 Å². The van der Waals surface area contributed by atoms with Gasteiger partial charge in [0.05, 0.1) is 4.92 Å². The van der Waals surface area contributed by atoms with Crippen LogP contribution in [-0.2, 0) is 0 Å². The van der Waals surface area contributed by atoms with Crippen LogP contribution in [0.5, 0.6) is 0 Å². The lowest BCUT2D eigenvalue weighted by Crippen LogP contribution is -2.46. The number of carbonyl (C=O) groups excluding carboxylic acids is 1. The number of nitrogens with one attached hydrogen (secondary N) is 1. The minimum absolute atomic E-state index is 0.0831. The van der Waals surface area contributed by atoms with Crippen molar-refractivity contribution >= 4 is 45.1 Å². The van der Waals surface area contributed by atoms with Crippen LogP contribution in [0.1, 0.15) is 21.7 Å². The van der Waals surface area contributed by atoms with Crippen molar-refractivity contribution < 1.29 is 14.8 Å². The number of aromatic nitrogens is 1. The van der Waals surface area contributed by atoms with E-state index in [4.69, 9.17) is 10.8 Å². The number of nitrogen functional groups attached to an aromatic ring is 1. The third kappa shape index (κ3) is 5.50. The fraction of sp³-hybridized carbons (Fsp3) is 0.304. The molecular formula is C23H26N6O4S. The van der Waals surface area contributed by atoms with E-state index in [1.165, 1.54) is 24.3 Å². The van der Waals surface area contributed by atoms with Gasteiger partial charge >= 0.3 is 0 Å². The zero-order valence-corrected chi connectivity index (χ0v) is 19.3. The lowest BCUT2D eigenvalue weighted by atomic mass is 10.1. The van der Waals surface area contributed by atoms with E-state index in [1.807, 2.05) is 24.3 Å². The fourth-order valence-corrected chi connectivity index (χ4v) is 4.71. The highest BCUT2D eigenvalue weighted by molar-refractivity contribution is 7.18. The molecule has 0 aliphatic carbocycles. The third-order valence-electron chi connectivity index (χ3n) is 5.67. The average Bonchev–Trinajstić information content (AvgIpc) is 3.22. The molecule has 10 nitrogen and oxygen atoms in total. The van der Waals surface area contributed by atoms with Gasteiger partial charge < -0.3 is 21.1 Å². The highest BCUT2D eigenvalue weighted by Gasteiger charge is 2.20. The summed E-state index contributed by atoms with van der Waals surface area (Å²) in [5.41, 5.74) is 7.96. The van der Waals surface area contributed by atoms with E-state index >= 15 is 0 Å². The molecule has 0 spiro atoms. The number of benzene rings is 2. The monoisotopic (exact) mass is 482 g/mol. The van der Waals surface area contributed by atoms with Gasteiger partial charge in [-0.15, -0.1) is 0 Å². The molecule has 0 unspecified atom stereocenters. The number of nitrogens with two attached hydrogens (primary N) is 1. The molecule has 34 heavy (non-hydrogen) atoms. The van der Waals surface area contributed by atoms with E-state index in [9.17, 15) is 14.9 Å². The number of anilines is 4. The number of aliphatic hydroxyl groups is 1. The predicted octanol–water partition coefficient (Wildman–Crippen LogP) is 3.11. The van der Waals surface area contributed by atoms with Crippen LogP contribution >= 0.6 is 11.3 Å². The van der Waals surface area contributed by atoms with Crippen molar-refractivity contribution in [2.24, 2.45) is 0 Å². The van der Waals surface area contributed by atoms with Gasteiger partial charge in [0.25, 0.3) is 5.69 Å². The first-order chi connectivity index (χ1) is 16.4. The molecule has 2 heterocycles. The first-order valence-electron chi connectivity index (χ1n) is 11.0. The van der Waals surface area contributed by atoms with E-state index in [0.29, 0.717) is 5.13 Å². The number of nitrogens with zero attached hydrogens (tertiary/aromatic N) is 4. The Morgan fingerprint density at radius 2 is 1.91 bits per heavy atom. The number of thiazole rings is 1. The minimum Gasteiger partial charge on any atom is -0.396 e. The smallest absolute Gasteiger partial charge is 0.270 e. The van der Waals surface area contributed by atoms with Crippen LogP contribution in [0.4, 0.5) is 28.0 Å². The van der Waals surface area contributed by atoms with E-state index in [2.05, 4.69) is 20.1 Å². The summed E-state index contributed by atoms with van der Waals surface area (Å²) >= 11 is 1.11. The van der Waals surface area contributed by atoms with Crippen LogP contribution in [0.2, 0.25) is 0 Å². The van der Waals surface area contributed by atoms with Crippen molar-refractivity contribution in [3.8, 4) is 0 Å². The second-order valence-electron chi connectivity index (χ2n) is 7.95. The van der Waals surface area contributed by atoms with Crippen molar-refractivity contribution in [3.63, 3.8) is 0 Å². The van der Waals surface area contributed by atoms with Crippen LogP contribution in [0, 0.1) is 10.1 Å². The molecule has 1 aromatic heterocycles. The Bertz CT molecular complexity index is 1160. The second kappa shape index (κ2) is 10.6. The maximum atomic E-state index is 12.8. The molecule has 2 aromatic carbocycles. The molecule has 3 aromatic rings. The Morgan fingerprint density at radius 3 is 2.59 bits per heavy atom. The van der Waals surface area contributed by atoms with Gasteiger partial charge in [-0.1, -0.05) is 23.5 Å². The molecule has 0 bridgehead atoms. The summed E-state index contributed by atoms with van der Waals surface area (Å²) in [5.74, 6) is -0.320. The minimum atomic E-state index is -0.541. The van der Waals surface area contributed by atoms with Crippen LogP contribution in [0.3, 0.4) is 0 Å². The second-order valence-corrected chi connectivity index (χ2v) is 8.95. The fourth-order valence-electron chi connectivity index (χ4n) is 3.84. The molecule has 1 aliphatic heterocycles. The Balaban J connectivity index is 1.39. The molecule has 4 N–H and O–H groups in total. The normalized spacial score (nSPS) is 14.2. The molecule has 0 amide bonds. The van der Waals surface area contributed by atoms with Crippen LogP contribution in [-0.4, -0.2) is 65.0 Å². The number of piperazine rings is 1. The van der Waals surface area contributed by atoms with Gasteiger partial charge in [0.1, 0.15) is 10.7 Å². The summed E-state index contributed by atoms with van der Waals surface area (Å²) in [5, 5.41) is 23.6. The number of hydrogen-bond donors (Lipinski definition) is 3. The number of nitro benzene ring substituents is 1. The van der Waals surface area contributed by atoms with Crippen molar-refractivity contribution in [3.05, 3.63) is 69.1 Å². The quantitative estimate of drug-likeness (QED) is 0.238. The predicted molar refractivity (Wildman–Crippen MR) is 133 cm³/mol. The average molecular weight is 483 g/mol. The molecule has 1 aliphatic rings. The van der Waals surface area contributed by atoms with Crippen molar-refractivity contribution in [1.29, 1.82) is 0 Å². The Labute approximate surface area is 200 Å². The highest BCUT2D eigenvalue weighted by atomic mass is 32.1. The summed E-state index contributed by atoms with van der Waals surface area (Å²) in [6, 6.07) is 13.5. The molecule has 1 fully saturated rings. The molecular weight excluding hydrogens is 456 g/mol. The van der Waals surface area contributed by atoms with Crippen molar-refractivity contribution in [2.45, 2.75) is 6.42 Å². The molecule has 1 saturated heterocycles. The molecule has 4 rings (SSSR count). The molecule has 0 atom stereocenters. The first kappa shape index (κ1) is 23.6. The molecule has 178 valence electrons. The lowest BCUT2D eigenvalue weighted by Gasteiger charge is -2.36. The summed E-state index contributed by atoms with van der Waals surface area (Å²) in [6.45, 7) is 4.97. The number of nitro groups is 1. The van der Waals surface area contributed by atoms with E-state index in [-0.39, 0.29) is 28.6 Å². The van der Waals surface area contributed by atoms with Gasteiger partial charge in [-0.3, -0.25) is 19.8 Å². The van der Waals surface area contributed by atoms with Crippen LogP contribution in [0.25, 0.3) is 0 Å². The van der Waals surface area contributed by atoms with Gasteiger partial charge in [-0.25, -0.2) is 4.98 Å². The maximum Gasteiger partial charge on any atom is 0.270 e. The number of hydrogen-bond acceptors (Lipinski definition) is 10.